The summed E-state index contributed by atoms with van der Waals surface area (Å²) >= 11 is 0. The molecule has 0 saturated carbocycles. The number of carbonyl (C=O) groups is 1. The molecule has 0 bridgehead atoms. The molecule has 18 heavy (non-hydrogen) atoms. The van der Waals surface area contributed by atoms with Gasteiger partial charge in [-0.2, -0.15) is 4.39 Å². The number of alkyl halides is 1. The highest BCUT2D eigenvalue weighted by atomic mass is 31.2. The van der Waals surface area contributed by atoms with Crippen molar-refractivity contribution in [2.24, 2.45) is 0 Å². The molecule has 0 amide bonds. The van der Waals surface area contributed by atoms with E-state index < -0.39 is 36.7 Å². The van der Waals surface area contributed by atoms with Crippen LogP contribution in [0.1, 0.15) is 33.6 Å². The van der Waals surface area contributed by atoms with E-state index >= 15 is 0 Å². The molecule has 0 aliphatic rings. The molecule has 9 heteroatoms. The lowest BCUT2D eigenvalue weighted by atomic mass is 10.2. The van der Waals surface area contributed by atoms with Gasteiger partial charge in [0.15, 0.2) is 0 Å². The van der Waals surface area contributed by atoms with Crippen molar-refractivity contribution >= 4 is 13.4 Å². The number of ketones is 1. The molecule has 0 rings (SSSR count). The summed E-state index contributed by atoms with van der Waals surface area (Å²) in [6.45, 7) is 3.59. The predicted octanol–water partition coefficient (Wildman–Crippen LogP) is 2.52. The highest BCUT2D eigenvalue weighted by Crippen LogP contribution is 2.62. The number of rotatable bonds is 9. The minimum Gasteiger partial charge on any atom is -0.302 e. The van der Waals surface area contributed by atoms with Gasteiger partial charge in [-0.05, 0) is 20.8 Å². The van der Waals surface area contributed by atoms with E-state index in [1.807, 2.05) is 0 Å². The zero-order chi connectivity index (χ0) is 14.4. The Hall–Kier alpha value is -0.850. The van der Waals surface area contributed by atoms with Gasteiger partial charge in [-0.3, -0.25) is 10.1 Å². The third kappa shape index (κ3) is 3.83. The minimum absolute atomic E-state index is 0.198. The molecule has 106 valence electrons. The Labute approximate surface area is 104 Å². The number of halogens is 1. The Balaban J connectivity index is 5.31. The fourth-order valence-electron chi connectivity index (χ4n) is 1.24. The number of carbonyl (C=O) groups excluding carboxylic acids is 1. The molecule has 0 fully saturated rings. The van der Waals surface area contributed by atoms with Crippen molar-refractivity contribution in [3.8, 4) is 0 Å². The Kier molecular flexibility index (Phi) is 6.59. The number of nitro groups is 1. The highest BCUT2D eigenvalue weighted by Gasteiger charge is 2.63. The predicted molar refractivity (Wildman–Crippen MR) is 61.6 cm³/mol. The van der Waals surface area contributed by atoms with Gasteiger partial charge in [0.25, 0.3) is 0 Å². The third-order valence-corrected chi connectivity index (χ3v) is 4.52. The summed E-state index contributed by atoms with van der Waals surface area (Å²) in [5.74, 6) is -0.446. The van der Waals surface area contributed by atoms with Gasteiger partial charge in [-0.1, -0.05) is 0 Å². The second-order valence-corrected chi connectivity index (χ2v) is 5.71. The molecular weight excluding hydrogens is 268 g/mol. The molecule has 0 radical (unpaired) electrons. The summed E-state index contributed by atoms with van der Waals surface area (Å²) in [6.07, 6.45) is -1.26. The molecule has 0 heterocycles. The molecular formula is C9H17FNO6P. The Morgan fingerprint density at radius 3 is 2.11 bits per heavy atom. The molecule has 0 saturated heterocycles. The van der Waals surface area contributed by atoms with Crippen LogP contribution in [-0.2, 0) is 18.4 Å². The molecule has 0 aromatic carbocycles. The average Bonchev–Trinajstić information content (AvgIpc) is 2.25. The van der Waals surface area contributed by atoms with Crippen LogP contribution in [0.5, 0.6) is 0 Å². The van der Waals surface area contributed by atoms with Crippen LogP contribution in [0.2, 0.25) is 0 Å². The maximum Gasteiger partial charge on any atom is 0.456 e. The van der Waals surface area contributed by atoms with Gasteiger partial charge < -0.3 is 13.8 Å². The first-order chi connectivity index (χ1) is 8.23. The lowest BCUT2D eigenvalue weighted by Crippen LogP contribution is -2.35. The van der Waals surface area contributed by atoms with Crippen LogP contribution >= 0.6 is 7.60 Å². The Bertz CT molecular complexity index is 353. The first-order valence-corrected chi connectivity index (χ1v) is 6.99. The van der Waals surface area contributed by atoms with Crippen molar-refractivity contribution in [1.29, 1.82) is 0 Å². The van der Waals surface area contributed by atoms with Gasteiger partial charge in [-0.15, -0.1) is 0 Å². The van der Waals surface area contributed by atoms with Gasteiger partial charge in [-0.25, -0.2) is 4.57 Å². The van der Waals surface area contributed by atoms with Crippen molar-refractivity contribution in [1.82, 2.24) is 0 Å². The summed E-state index contributed by atoms with van der Waals surface area (Å²) in [7, 11) is -4.57. The van der Waals surface area contributed by atoms with Crippen molar-refractivity contribution in [3.05, 3.63) is 10.1 Å². The normalized spacial score (nSPS) is 15.1. The van der Waals surface area contributed by atoms with E-state index in [1.54, 1.807) is 0 Å². The van der Waals surface area contributed by atoms with Crippen molar-refractivity contribution in [2.45, 2.75) is 39.1 Å². The third-order valence-electron chi connectivity index (χ3n) is 2.09. The summed E-state index contributed by atoms with van der Waals surface area (Å²) in [5, 5.41) is 10.8. The SMILES string of the molecule is CCOP(=O)(OCC)[C@](F)(CCC(C)=O)[N+](=O)[O-]. The van der Waals surface area contributed by atoms with Crippen LogP contribution in [0.25, 0.3) is 0 Å². The second-order valence-electron chi connectivity index (χ2n) is 3.51. The smallest absolute Gasteiger partial charge is 0.302 e. The lowest BCUT2D eigenvalue weighted by molar-refractivity contribution is -0.579. The molecule has 1 atom stereocenters. The van der Waals surface area contributed by atoms with Crippen LogP contribution in [-0.4, -0.2) is 29.5 Å². The maximum atomic E-state index is 14.3. The van der Waals surface area contributed by atoms with E-state index in [0.29, 0.717) is 0 Å². The molecule has 0 unspecified atom stereocenters. The molecule has 0 spiro atoms. The van der Waals surface area contributed by atoms with E-state index in [1.165, 1.54) is 13.8 Å². The summed E-state index contributed by atoms with van der Waals surface area (Å²) in [5.41, 5.74) is -3.40. The first kappa shape index (κ1) is 17.2. The fraction of sp³-hybridized carbons (Fsp3) is 0.889. The van der Waals surface area contributed by atoms with Crippen LogP contribution in [0, 0.1) is 10.1 Å². The quantitative estimate of drug-likeness (QED) is 0.279. The number of hydrogen-bond acceptors (Lipinski definition) is 6. The highest BCUT2D eigenvalue weighted by molar-refractivity contribution is 7.55. The molecule has 0 aliphatic heterocycles. The largest absolute Gasteiger partial charge is 0.456 e. The zero-order valence-electron chi connectivity index (χ0n) is 10.6. The van der Waals surface area contributed by atoms with E-state index in [2.05, 4.69) is 9.05 Å². The Morgan fingerprint density at radius 1 is 1.39 bits per heavy atom. The topological polar surface area (TPSA) is 95.7 Å². The molecule has 0 aromatic rings. The standard InChI is InChI=1S/C9H17FNO6P/c1-4-16-18(15,17-5-2)9(10,11(13)14)7-6-8(3)12/h4-7H2,1-3H3/t9-/m0/s1. The molecule has 0 aliphatic carbocycles. The van der Waals surface area contributed by atoms with Gasteiger partial charge in [0.05, 0.1) is 24.6 Å². The number of nitrogens with zero attached hydrogens (tertiary/aromatic N) is 1. The van der Waals surface area contributed by atoms with E-state index in [0.717, 1.165) is 6.92 Å². The van der Waals surface area contributed by atoms with Crippen LogP contribution in [0.3, 0.4) is 0 Å². The molecule has 0 aromatic heterocycles. The van der Waals surface area contributed by atoms with Crippen LogP contribution in [0.15, 0.2) is 0 Å². The number of Topliss-reactive ketones (excluding diaryl/α,β-unsaturated/α-hetero) is 1. The van der Waals surface area contributed by atoms with E-state index in [9.17, 15) is 23.9 Å². The van der Waals surface area contributed by atoms with Gasteiger partial charge in [0, 0.05) is 6.42 Å². The lowest BCUT2D eigenvalue weighted by Gasteiger charge is -2.24. The van der Waals surface area contributed by atoms with Gasteiger partial charge in [0.2, 0.25) is 0 Å². The van der Waals surface area contributed by atoms with Gasteiger partial charge >= 0.3 is 13.1 Å². The van der Waals surface area contributed by atoms with Crippen molar-refractivity contribution < 1.29 is 27.7 Å². The monoisotopic (exact) mass is 285 g/mol. The fourth-order valence-corrected chi connectivity index (χ4v) is 2.97. The van der Waals surface area contributed by atoms with E-state index in [4.69, 9.17) is 0 Å². The van der Waals surface area contributed by atoms with Gasteiger partial charge in [0.1, 0.15) is 5.78 Å². The Morgan fingerprint density at radius 2 is 1.83 bits per heavy atom. The molecule has 7 nitrogen and oxygen atoms in total. The first-order valence-electron chi connectivity index (χ1n) is 5.45. The van der Waals surface area contributed by atoms with Crippen LogP contribution in [0.4, 0.5) is 4.39 Å². The number of hydrogen-bond donors (Lipinski definition) is 0. The summed E-state index contributed by atoms with van der Waals surface area (Å²) < 4.78 is 35.7. The van der Waals surface area contributed by atoms with E-state index in [-0.39, 0.29) is 13.2 Å². The summed E-state index contributed by atoms with van der Waals surface area (Å²) in [6, 6.07) is 0. The second kappa shape index (κ2) is 6.92. The average molecular weight is 285 g/mol. The molecule has 0 N–H and O–H groups in total. The van der Waals surface area contributed by atoms with Crippen LogP contribution < -0.4 is 0 Å². The zero-order valence-corrected chi connectivity index (χ0v) is 11.4. The minimum atomic E-state index is -4.57. The van der Waals surface area contributed by atoms with Crippen molar-refractivity contribution in [2.75, 3.05) is 13.2 Å². The van der Waals surface area contributed by atoms with Crippen molar-refractivity contribution in [3.63, 3.8) is 0 Å². The maximum absolute atomic E-state index is 14.3. The summed E-state index contributed by atoms with van der Waals surface area (Å²) in [4.78, 5) is 20.3.